The summed E-state index contributed by atoms with van der Waals surface area (Å²) in [6.07, 6.45) is -4.57. The zero-order valence-electron chi connectivity index (χ0n) is 33.3. The number of alkyl halides is 3. The molecule has 8 aromatic carbocycles. The molecule has 0 amide bonds. The van der Waals surface area contributed by atoms with Gasteiger partial charge in [-0.1, -0.05) is 157 Å². The van der Waals surface area contributed by atoms with E-state index in [9.17, 15) is 13.2 Å². The van der Waals surface area contributed by atoms with E-state index in [4.69, 9.17) is 15.0 Å². The van der Waals surface area contributed by atoms with E-state index in [-0.39, 0.29) is 5.56 Å². The van der Waals surface area contributed by atoms with Crippen LogP contribution in [0.3, 0.4) is 0 Å². The molecule has 0 aliphatic carbocycles. The number of hydrogen-bond donors (Lipinski definition) is 0. The number of hydrogen-bond acceptors (Lipinski definition) is 3. The monoisotopic (exact) mass is 798 g/mol. The predicted molar refractivity (Wildman–Crippen MR) is 241 cm³/mol. The van der Waals surface area contributed by atoms with Crippen LogP contribution in [0.4, 0.5) is 13.2 Å². The summed E-state index contributed by atoms with van der Waals surface area (Å²) < 4.78 is 46.1. The molecule has 7 heteroatoms. The summed E-state index contributed by atoms with van der Waals surface area (Å²) in [5.74, 6) is 1.35. The Labute approximate surface area is 351 Å². The summed E-state index contributed by atoms with van der Waals surface area (Å²) in [7, 11) is 0. The van der Waals surface area contributed by atoms with Gasteiger partial charge in [0.15, 0.2) is 17.5 Å². The molecule has 10 rings (SSSR count). The van der Waals surface area contributed by atoms with Crippen LogP contribution in [0.25, 0.3) is 95.0 Å². The predicted octanol–water partition coefficient (Wildman–Crippen LogP) is 14.6. The lowest BCUT2D eigenvalue weighted by atomic mass is 9.96. The molecule has 10 aromatic rings. The molecule has 0 saturated carbocycles. The fourth-order valence-electron chi connectivity index (χ4n) is 8.28. The largest absolute Gasteiger partial charge is 0.417 e. The number of fused-ring (bicyclic) bond motifs is 3. The molecule has 0 atom stereocenters. The quantitative estimate of drug-likeness (QED) is 0.161. The zero-order chi connectivity index (χ0) is 41.7. The van der Waals surface area contributed by atoms with E-state index in [0.717, 1.165) is 72.4 Å². The van der Waals surface area contributed by atoms with E-state index in [2.05, 4.69) is 103 Å². The molecule has 0 spiro atoms. The second-order valence-electron chi connectivity index (χ2n) is 15.4. The first kappa shape index (κ1) is 37.6. The Morgan fingerprint density at radius 3 is 1.36 bits per heavy atom. The molecule has 0 fully saturated rings. The van der Waals surface area contributed by atoms with Gasteiger partial charge in [-0.25, -0.2) is 15.0 Å². The minimum atomic E-state index is -4.57. The van der Waals surface area contributed by atoms with Crippen molar-refractivity contribution in [1.82, 2.24) is 19.5 Å². The lowest BCUT2D eigenvalue weighted by Crippen LogP contribution is -2.07. The standard InChI is InChI=1S/C54H37F3N4/c1-34-13-11-19-38(29-34)40-24-27-48-45(31-40)46-32-41(39-20-12-14-35(2)30-39)25-28-49(46)61(48)50-33-42(43-21-9-10-22-47(43)54(55,56)57)23-26-44(50)53-59-51(36-15-5-3-6-16-36)58-52(60-53)37-17-7-4-8-18-37/h3-33H,1-2H3. The summed E-state index contributed by atoms with van der Waals surface area (Å²) in [5, 5.41) is 2.00. The van der Waals surface area contributed by atoms with Gasteiger partial charge in [-0.15, -0.1) is 0 Å². The topological polar surface area (TPSA) is 43.6 Å². The SMILES string of the molecule is Cc1cccc(-c2ccc3c(c2)c2cc(-c4cccc(C)c4)ccc2n3-c2cc(-c3ccccc3C(F)(F)F)ccc2-c2nc(-c3ccccc3)nc(-c3ccccc3)n2)c1. The summed E-state index contributed by atoms with van der Waals surface area (Å²) in [6, 6.07) is 60.3. The summed E-state index contributed by atoms with van der Waals surface area (Å²) >= 11 is 0. The molecular formula is C54H37F3N4. The number of benzene rings is 8. The van der Waals surface area contributed by atoms with Gasteiger partial charge in [-0.2, -0.15) is 13.2 Å². The minimum Gasteiger partial charge on any atom is -0.308 e. The third-order valence-electron chi connectivity index (χ3n) is 11.2. The first-order chi connectivity index (χ1) is 29.7. The molecule has 61 heavy (non-hydrogen) atoms. The Bertz CT molecular complexity index is 3100. The molecule has 0 bridgehead atoms. The van der Waals surface area contributed by atoms with Crippen LogP contribution in [0.15, 0.2) is 188 Å². The van der Waals surface area contributed by atoms with E-state index in [0.29, 0.717) is 34.3 Å². The summed E-state index contributed by atoms with van der Waals surface area (Å²) in [4.78, 5) is 15.1. The van der Waals surface area contributed by atoms with Gasteiger partial charge < -0.3 is 4.57 Å². The lowest BCUT2D eigenvalue weighted by molar-refractivity contribution is -0.137. The number of halogens is 3. The Morgan fingerprint density at radius 1 is 0.377 bits per heavy atom. The van der Waals surface area contributed by atoms with Crippen molar-refractivity contribution in [2.75, 3.05) is 0 Å². The molecule has 0 radical (unpaired) electrons. The van der Waals surface area contributed by atoms with Gasteiger partial charge in [-0.3, -0.25) is 0 Å². The third kappa shape index (κ3) is 7.14. The Hall–Kier alpha value is -7.64. The van der Waals surface area contributed by atoms with Crippen LogP contribution in [0.1, 0.15) is 16.7 Å². The van der Waals surface area contributed by atoms with Crippen LogP contribution >= 0.6 is 0 Å². The van der Waals surface area contributed by atoms with Gasteiger partial charge in [0.25, 0.3) is 0 Å². The third-order valence-corrected chi connectivity index (χ3v) is 11.2. The molecule has 294 valence electrons. The smallest absolute Gasteiger partial charge is 0.308 e. The maximum absolute atomic E-state index is 14.7. The highest BCUT2D eigenvalue weighted by Crippen LogP contribution is 2.43. The average molecular weight is 799 g/mol. The van der Waals surface area contributed by atoms with Crippen molar-refractivity contribution in [2.45, 2.75) is 20.0 Å². The minimum absolute atomic E-state index is 0.0811. The van der Waals surface area contributed by atoms with E-state index in [1.54, 1.807) is 12.1 Å². The number of nitrogens with zero attached hydrogens (tertiary/aromatic N) is 4. The van der Waals surface area contributed by atoms with Crippen LogP contribution in [-0.4, -0.2) is 19.5 Å². The van der Waals surface area contributed by atoms with Crippen LogP contribution < -0.4 is 0 Å². The first-order valence-electron chi connectivity index (χ1n) is 20.1. The summed E-state index contributed by atoms with van der Waals surface area (Å²) in [6.45, 7) is 4.17. The highest BCUT2D eigenvalue weighted by atomic mass is 19.4. The second kappa shape index (κ2) is 15.2. The first-order valence-corrected chi connectivity index (χ1v) is 20.1. The molecular weight excluding hydrogens is 762 g/mol. The van der Waals surface area contributed by atoms with Crippen molar-refractivity contribution in [3.63, 3.8) is 0 Å². The molecule has 2 heterocycles. The van der Waals surface area contributed by atoms with Gasteiger partial charge in [0, 0.05) is 27.5 Å². The second-order valence-corrected chi connectivity index (χ2v) is 15.4. The van der Waals surface area contributed by atoms with Gasteiger partial charge in [-0.05, 0) is 89.7 Å². The maximum atomic E-state index is 14.7. The Morgan fingerprint density at radius 2 is 0.836 bits per heavy atom. The molecule has 0 aliphatic heterocycles. The molecule has 0 unspecified atom stereocenters. The van der Waals surface area contributed by atoms with E-state index < -0.39 is 11.7 Å². The molecule has 0 N–H and O–H groups in total. The van der Waals surface area contributed by atoms with Gasteiger partial charge in [0.05, 0.1) is 22.3 Å². The van der Waals surface area contributed by atoms with Crippen molar-refractivity contribution < 1.29 is 13.2 Å². The van der Waals surface area contributed by atoms with Crippen LogP contribution in [0.5, 0.6) is 0 Å². The molecule has 4 nitrogen and oxygen atoms in total. The highest BCUT2D eigenvalue weighted by molar-refractivity contribution is 6.12. The number of rotatable bonds is 7. The van der Waals surface area contributed by atoms with E-state index in [1.165, 1.54) is 12.1 Å². The Balaban J connectivity index is 1.30. The van der Waals surface area contributed by atoms with Crippen molar-refractivity contribution >= 4 is 21.8 Å². The van der Waals surface area contributed by atoms with Crippen LogP contribution in [-0.2, 0) is 6.18 Å². The number of aromatic nitrogens is 4. The van der Waals surface area contributed by atoms with Gasteiger partial charge in [0.1, 0.15) is 0 Å². The van der Waals surface area contributed by atoms with Gasteiger partial charge in [0.2, 0.25) is 0 Å². The highest BCUT2D eigenvalue weighted by Gasteiger charge is 2.33. The van der Waals surface area contributed by atoms with Gasteiger partial charge >= 0.3 is 6.18 Å². The fourth-order valence-corrected chi connectivity index (χ4v) is 8.28. The van der Waals surface area contributed by atoms with E-state index in [1.807, 2.05) is 72.8 Å². The van der Waals surface area contributed by atoms with Crippen molar-refractivity contribution in [3.8, 4) is 73.2 Å². The normalized spacial score (nSPS) is 11.7. The lowest BCUT2D eigenvalue weighted by Gasteiger charge is -2.18. The van der Waals surface area contributed by atoms with E-state index >= 15 is 0 Å². The van der Waals surface area contributed by atoms with Crippen molar-refractivity contribution in [1.29, 1.82) is 0 Å². The summed E-state index contributed by atoms with van der Waals surface area (Å²) in [5.41, 5.74) is 11.1. The number of aryl methyl sites for hydroxylation is 2. The van der Waals surface area contributed by atoms with Crippen LogP contribution in [0, 0.1) is 13.8 Å². The molecule has 0 aliphatic rings. The van der Waals surface area contributed by atoms with Crippen LogP contribution in [0.2, 0.25) is 0 Å². The average Bonchev–Trinajstić information content (AvgIpc) is 3.62. The van der Waals surface area contributed by atoms with Crippen molar-refractivity contribution in [2.24, 2.45) is 0 Å². The molecule has 0 saturated heterocycles. The Kier molecular flexibility index (Phi) is 9.37. The maximum Gasteiger partial charge on any atom is 0.417 e. The fraction of sp³-hybridized carbons (Fsp3) is 0.0556. The van der Waals surface area contributed by atoms with Crippen molar-refractivity contribution in [3.05, 3.63) is 205 Å². The zero-order valence-corrected chi connectivity index (χ0v) is 33.3. The molecule has 2 aromatic heterocycles.